The van der Waals surface area contributed by atoms with E-state index in [2.05, 4.69) is 22.6 Å². The Bertz CT molecular complexity index is 311. The summed E-state index contributed by atoms with van der Waals surface area (Å²) in [5.74, 6) is 1.44. The van der Waals surface area contributed by atoms with Crippen LogP contribution in [0.1, 0.15) is 5.56 Å². The Morgan fingerprint density at radius 3 is 3.08 bits per heavy atom. The SMILES string of the molecule is COc1cc(I)cc2c1OOC2. The number of ether oxygens (including phenoxy) is 1. The van der Waals surface area contributed by atoms with E-state index in [1.165, 1.54) is 0 Å². The molecule has 0 fully saturated rings. The Hall–Kier alpha value is -0.490. The van der Waals surface area contributed by atoms with Crippen LogP contribution < -0.4 is 9.62 Å². The highest BCUT2D eigenvalue weighted by Gasteiger charge is 2.19. The van der Waals surface area contributed by atoms with Crippen molar-refractivity contribution >= 4 is 22.6 Å². The summed E-state index contributed by atoms with van der Waals surface area (Å²) < 4.78 is 6.25. The molecular formula is C8H7IO3. The Morgan fingerprint density at radius 2 is 2.33 bits per heavy atom. The van der Waals surface area contributed by atoms with Crippen LogP contribution in [0.3, 0.4) is 0 Å². The molecule has 0 spiro atoms. The fourth-order valence-corrected chi connectivity index (χ4v) is 1.79. The van der Waals surface area contributed by atoms with E-state index in [0.29, 0.717) is 12.4 Å². The Morgan fingerprint density at radius 1 is 1.50 bits per heavy atom. The van der Waals surface area contributed by atoms with Gasteiger partial charge in [0.05, 0.1) is 7.11 Å². The van der Waals surface area contributed by atoms with Crippen molar-refractivity contribution < 1.29 is 14.5 Å². The molecule has 0 radical (unpaired) electrons. The predicted molar refractivity (Wildman–Crippen MR) is 51.1 cm³/mol. The quantitative estimate of drug-likeness (QED) is 0.581. The molecule has 0 saturated heterocycles. The van der Waals surface area contributed by atoms with E-state index < -0.39 is 0 Å². The van der Waals surface area contributed by atoms with Crippen molar-refractivity contribution in [3.63, 3.8) is 0 Å². The van der Waals surface area contributed by atoms with Crippen LogP contribution in [0.2, 0.25) is 0 Å². The van der Waals surface area contributed by atoms with Crippen molar-refractivity contribution in [1.29, 1.82) is 0 Å². The summed E-state index contributed by atoms with van der Waals surface area (Å²) >= 11 is 2.23. The second-order valence-corrected chi connectivity index (χ2v) is 3.69. The lowest BCUT2D eigenvalue weighted by atomic mass is 10.2. The maximum atomic E-state index is 5.13. The van der Waals surface area contributed by atoms with E-state index in [9.17, 15) is 0 Å². The monoisotopic (exact) mass is 278 g/mol. The van der Waals surface area contributed by atoms with Crippen LogP contribution in [0.5, 0.6) is 11.5 Å². The molecule has 0 amide bonds. The van der Waals surface area contributed by atoms with Crippen LogP contribution in [-0.2, 0) is 11.5 Å². The van der Waals surface area contributed by atoms with Gasteiger partial charge in [0.25, 0.3) is 0 Å². The van der Waals surface area contributed by atoms with Gasteiger partial charge in [-0.3, -0.25) is 0 Å². The van der Waals surface area contributed by atoms with Crippen LogP contribution in [-0.4, -0.2) is 7.11 Å². The molecule has 1 aliphatic rings. The smallest absolute Gasteiger partial charge is 0.212 e. The number of methoxy groups -OCH3 is 1. The zero-order valence-electron chi connectivity index (χ0n) is 6.46. The zero-order chi connectivity index (χ0) is 8.55. The van der Waals surface area contributed by atoms with Gasteiger partial charge in [0.15, 0.2) is 5.75 Å². The Balaban J connectivity index is 2.55. The molecule has 2 rings (SSSR count). The van der Waals surface area contributed by atoms with Crippen LogP contribution in [0, 0.1) is 3.57 Å². The highest BCUT2D eigenvalue weighted by Crippen LogP contribution is 2.37. The summed E-state index contributed by atoms with van der Waals surface area (Å²) in [5, 5.41) is 0. The summed E-state index contributed by atoms with van der Waals surface area (Å²) in [6.45, 7) is 0.503. The molecule has 0 atom stereocenters. The van der Waals surface area contributed by atoms with Gasteiger partial charge in [-0.1, -0.05) is 0 Å². The van der Waals surface area contributed by atoms with Crippen molar-refractivity contribution in [2.75, 3.05) is 7.11 Å². The van der Waals surface area contributed by atoms with E-state index in [-0.39, 0.29) is 0 Å². The number of rotatable bonds is 1. The summed E-state index contributed by atoms with van der Waals surface area (Å²) in [7, 11) is 1.62. The van der Waals surface area contributed by atoms with Crippen LogP contribution in [0.25, 0.3) is 0 Å². The van der Waals surface area contributed by atoms with Crippen LogP contribution in [0.4, 0.5) is 0 Å². The molecule has 1 aromatic carbocycles. The highest BCUT2D eigenvalue weighted by molar-refractivity contribution is 14.1. The maximum Gasteiger partial charge on any atom is 0.212 e. The first-order chi connectivity index (χ1) is 5.81. The van der Waals surface area contributed by atoms with E-state index in [4.69, 9.17) is 14.5 Å². The largest absolute Gasteiger partial charge is 0.493 e. The first-order valence-corrected chi connectivity index (χ1v) is 4.55. The fourth-order valence-electron chi connectivity index (χ4n) is 1.13. The summed E-state index contributed by atoms with van der Waals surface area (Å²) in [4.78, 5) is 9.78. The van der Waals surface area contributed by atoms with Gasteiger partial charge in [0, 0.05) is 9.13 Å². The van der Waals surface area contributed by atoms with E-state index in [1.807, 2.05) is 12.1 Å². The maximum absolute atomic E-state index is 5.13. The zero-order valence-corrected chi connectivity index (χ0v) is 8.62. The number of hydrogen-bond acceptors (Lipinski definition) is 3. The second-order valence-electron chi connectivity index (χ2n) is 2.44. The third-order valence-electron chi connectivity index (χ3n) is 1.67. The molecule has 0 aliphatic carbocycles. The fraction of sp³-hybridized carbons (Fsp3) is 0.250. The average molecular weight is 278 g/mol. The third-order valence-corrected chi connectivity index (χ3v) is 2.30. The van der Waals surface area contributed by atoms with E-state index in [1.54, 1.807) is 7.11 Å². The normalized spacial score (nSPS) is 13.8. The van der Waals surface area contributed by atoms with Gasteiger partial charge in [-0.2, -0.15) is 4.89 Å². The number of halogens is 1. The lowest BCUT2D eigenvalue weighted by molar-refractivity contribution is -0.195. The van der Waals surface area contributed by atoms with Crippen molar-refractivity contribution in [3.8, 4) is 11.5 Å². The standard InChI is InChI=1S/C8H7IO3/c1-10-7-3-6(9)2-5-4-11-12-8(5)7/h2-3H,4H2,1H3. The molecule has 1 aromatic rings. The third kappa shape index (κ3) is 1.25. The number of benzene rings is 1. The van der Waals surface area contributed by atoms with Gasteiger partial charge in [-0.25, -0.2) is 0 Å². The number of fused-ring (bicyclic) bond motifs is 1. The minimum absolute atomic E-state index is 0.503. The van der Waals surface area contributed by atoms with Crippen molar-refractivity contribution in [2.24, 2.45) is 0 Å². The Kier molecular flexibility index (Phi) is 2.10. The minimum atomic E-state index is 0.503. The summed E-state index contributed by atoms with van der Waals surface area (Å²) in [6, 6.07) is 3.93. The van der Waals surface area contributed by atoms with Gasteiger partial charge in [-0.05, 0) is 34.7 Å². The minimum Gasteiger partial charge on any atom is -0.493 e. The van der Waals surface area contributed by atoms with Gasteiger partial charge < -0.3 is 9.62 Å². The summed E-state index contributed by atoms with van der Waals surface area (Å²) in [5.41, 5.74) is 1.04. The molecule has 0 N–H and O–H groups in total. The predicted octanol–water partition coefficient (Wildman–Crippen LogP) is 2.12. The highest BCUT2D eigenvalue weighted by atomic mass is 127. The molecule has 3 nitrogen and oxygen atoms in total. The molecule has 1 aliphatic heterocycles. The molecule has 0 aromatic heterocycles. The topological polar surface area (TPSA) is 27.7 Å². The lowest BCUT2D eigenvalue weighted by Gasteiger charge is -2.03. The molecule has 0 bridgehead atoms. The molecular weight excluding hydrogens is 271 g/mol. The second kappa shape index (κ2) is 3.10. The summed E-state index contributed by atoms with van der Waals surface area (Å²) in [6.07, 6.45) is 0. The van der Waals surface area contributed by atoms with Gasteiger partial charge >= 0.3 is 0 Å². The van der Waals surface area contributed by atoms with Crippen molar-refractivity contribution in [2.45, 2.75) is 6.61 Å². The van der Waals surface area contributed by atoms with Crippen molar-refractivity contribution in [3.05, 3.63) is 21.3 Å². The molecule has 4 heteroatoms. The van der Waals surface area contributed by atoms with Crippen LogP contribution in [0.15, 0.2) is 12.1 Å². The van der Waals surface area contributed by atoms with Gasteiger partial charge in [-0.15, -0.1) is 0 Å². The first-order valence-electron chi connectivity index (χ1n) is 3.47. The van der Waals surface area contributed by atoms with E-state index >= 15 is 0 Å². The van der Waals surface area contributed by atoms with Gasteiger partial charge in [0.1, 0.15) is 6.61 Å². The first kappa shape index (κ1) is 8.12. The molecule has 0 unspecified atom stereocenters. The Labute approximate surface area is 83.7 Å². The van der Waals surface area contributed by atoms with Crippen LogP contribution >= 0.6 is 22.6 Å². The van der Waals surface area contributed by atoms with E-state index in [0.717, 1.165) is 14.9 Å². The van der Waals surface area contributed by atoms with Gasteiger partial charge in [0.2, 0.25) is 5.75 Å². The molecule has 12 heavy (non-hydrogen) atoms. The molecule has 0 saturated carbocycles. The average Bonchev–Trinajstić information content (AvgIpc) is 2.50. The van der Waals surface area contributed by atoms with Crippen molar-refractivity contribution in [1.82, 2.24) is 0 Å². The molecule has 64 valence electrons. The number of hydrogen-bond donors (Lipinski definition) is 0. The molecule has 1 heterocycles. The lowest BCUT2D eigenvalue weighted by Crippen LogP contribution is -1.89.